The molecule has 11 rings (SSSR count). The summed E-state index contributed by atoms with van der Waals surface area (Å²) in [6, 6.07) is 8.23. The molecule has 16 heteroatoms. The average Bonchev–Trinajstić information content (AvgIpc) is 4.14. The molecular weight excluding hydrogens is 823 g/mol. The molecule has 14 nitrogen and oxygen atoms in total. The normalized spacial score (nSPS) is 17.9. The Morgan fingerprint density at radius 1 is 0.726 bits per heavy atom. The van der Waals surface area contributed by atoms with Crippen molar-refractivity contribution in [1.82, 2.24) is 24.8 Å². The number of anilines is 4. The summed E-state index contributed by atoms with van der Waals surface area (Å²) in [5.41, 5.74) is 8.70. The van der Waals surface area contributed by atoms with Gasteiger partial charge < -0.3 is 30.1 Å². The molecule has 4 aromatic heterocycles. The number of rotatable bonds is 10. The molecule has 62 heavy (non-hydrogen) atoms. The summed E-state index contributed by atoms with van der Waals surface area (Å²) in [5.74, 6) is 2.39. The van der Waals surface area contributed by atoms with Crippen LogP contribution in [0.4, 0.5) is 23.0 Å². The number of aryl methyl sites for hydroxylation is 2. The topological polar surface area (TPSA) is 176 Å². The second-order valence-corrected chi connectivity index (χ2v) is 18.1. The minimum Gasteiger partial charge on any atom is -0.492 e. The monoisotopic (exact) mass is 867 g/mol. The zero-order valence-corrected chi connectivity index (χ0v) is 36.1. The smallest absolute Gasteiger partial charge is 0.306 e. The number of carbonyl (C=O) groups excluding carboxylic acids is 1. The molecule has 0 fully saturated rings. The number of carboxylic acids is 1. The highest BCUT2D eigenvalue weighted by atomic mass is 32.1. The van der Waals surface area contributed by atoms with E-state index in [0.29, 0.717) is 39.1 Å². The van der Waals surface area contributed by atoms with Crippen molar-refractivity contribution in [3.05, 3.63) is 92.2 Å². The molecule has 0 saturated carbocycles. The van der Waals surface area contributed by atoms with Crippen LogP contribution < -0.4 is 20.1 Å². The molecule has 3 aliphatic heterocycles. The number of nitrogens with one attached hydrogen (secondary N) is 2. The molecular formula is C46H45N9O5S2. The zero-order valence-electron chi connectivity index (χ0n) is 34.4. The Kier molecular flexibility index (Phi) is 10.9. The van der Waals surface area contributed by atoms with Gasteiger partial charge in [-0.1, -0.05) is 12.2 Å². The van der Waals surface area contributed by atoms with Crippen LogP contribution in [0.1, 0.15) is 69.8 Å². The number of aliphatic imine (C=N–C) groups is 2. The molecule has 0 spiro atoms. The molecule has 5 aliphatic rings. The Labute approximate surface area is 365 Å². The van der Waals surface area contributed by atoms with E-state index in [2.05, 4.69) is 64.8 Å². The van der Waals surface area contributed by atoms with Gasteiger partial charge in [0.2, 0.25) is 5.91 Å². The van der Waals surface area contributed by atoms with Crippen molar-refractivity contribution in [3.63, 3.8) is 0 Å². The first-order valence-corrected chi connectivity index (χ1v) is 22.8. The van der Waals surface area contributed by atoms with Gasteiger partial charge in [-0.3, -0.25) is 19.6 Å². The Hall–Kier alpha value is -6.26. The first-order chi connectivity index (χ1) is 30.3. The van der Waals surface area contributed by atoms with Crippen molar-refractivity contribution in [1.29, 1.82) is 0 Å². The van der Waals surface area contributed by atoms with Crippen LogP contribution in [0.3, 0.4) is 0 Å². The maximum atomic E-state index is 13.0. The molecule has 0 bridgehead atoms. The largest absolute Gasteiger partial charge is 0.492 e. The second-order valence-electron chi connectivity index (χ2n) is 15.9. The summed E-state index contributed by atoms with van der Waals surface area (Å²) in [6.45, 7) is 7.95. The molecule has 316 valence electrons. The average molecular weight is 868 g/mol. The number of nitrogens with zero attached hydrogens (tertiary/aromatic N) is 7. The summed E-state index contributed by atoms with van der Waals surface area (Å²) in [5, 5.41) is 18.4. The summed E-state index contributed by atoms with van der Waals surface area (Å²) in [4.78, 5) is 57.4. The van der Waals surface area contributed by atoms with Gasteiger partial charge in [0.15, 0.2) is 0 Å². The quantitative estimate of drug-likeness (QED) is 0.113. The minimum absolute atomic E-state index is 0.0513. The summed E-state index contributed by atoms with van der Waals surface area (Å²) in [7, 11) is 0. The molecule has 2 unspecified atom stereocenters. The van der Waals surface area contributed by atoms with E-state index in [4.69, 9.17) is 9.47 Å². The lowest BCUT2D eigenvalue weighted by Crippen LogP contribution is -2.36. The van der Waals surface area contributed by atoms with Gasteiger partial charge in [-0.25, -0.2) is 19.9 Å². The molecule has 3 N–H and O–H groups in total. The lowest BCUT2D eigenvalue weighted by molar-refractivity contribution is -0.142. The van der Waals surface area contributed by atoms with Gasteiger partial charge in [0, 0.05) is 41.2 Å². The van der Waals surface area contributed by atoms with Crippen LogP contribution in [0.5, 0.6) is 11.5 Å². The molecule has 0 saturated heterocycles. The molecule has 2 aromatic carbocycles. The summed E-state index contributed by atoms with van der Waals surface area (Å²) in [6.07, 6.45) is 15.5. The van der Waals surface area contributed by atoms with Crippen molar-refractivity contribution in [2.24, 2.45) is 21.8 Å². The first-order valence-electron chi connectivity index (χ1n) is 21.1. The number of carbonyl (C=O) groups is 2. The molecule has 0 radical (unpaired) electrons. The van der Waals surface area contributed by atoms with Crippen LogP contribution in [0.25, 0.3) is 20.4 Å². The SMILES string of the molecule is CCOc1cc2c(cc1Nc1ncnc3sc4c(c13)CCC(C(=O)N1CC=CC1)C4)C=NC2.CCOc1cc2c(cc1Nc1ncnc3sc4c(c13)CCC(C(=O)O)C4)C=NC2. The Balaban J connectivity index is 0.000000149. The predicted octanol–water partition coefficient (Wildman–Crippen LogP) is 8.23. The fraction of sp³-hybridized carbons (Fsp3) is 0.348. The lowest BCUT2D eigenvalue weighted by Gasteiger charge is -2.26. The van der Waals surface area contributed by atoms with E-state index in [-0.39, 0.29) is 17.7 Å². The van der Waals surface area contributed by atoms with E-state index in [1.54, 1.807) is 35.3 Å². The van der Waals surface area contributed by atoms with Gasteiger partial charge in [-0.2, -0.15) is 0 Å². The number of benzene rings is 2. The maximum Gasteiger partial charge on any atom is 0.306 e. The van der Waals surface area contributed by atoms with Gasteiger partial charge in [0.05, 0.1) is 54.4 Å². The molecule has 7 heterocycles. The van der Waals surface area contributed by atoms with Gasteiger partial charge in [0.25, 0.3) is 0 Å². The number of hydrogen-bond donors (Lipinski definition) is 3. The van der Waals surface area contributed by atoms with Crippen molar-refractivity contribution in [2.45, 2.75) is 65.5 Å². The van der Waals surface area contributed by atoms with Gasteiger partial charge in [-0.15, -0.1) is 22.7 Å². The van der Waals surface area contributed by atoms with Crippen molar-refractivity contribution < 1.29 is 24.2 Å². The molecule has 2 aliphatic carbocycles. The van der Waals surface area contributed by atoms with E-state index in [1.165, 1.54) is 21.6 Å². The Bertz CT molecular complexity index is 2840. The third-order valence-electron chi connectivity index (χ3n) is 12.1. The van der Waals surface area contributed by atoms with Crippen LogP contribution in [0.2, 0.25) is 0 Å². The van der Waals surface area contributed by atoms with E-state index in [0.717, 1.165) is 115 Å². The first kappa shape index (κ1) is 39.9. The van der Waals surface area contributed by atoms with Crippen LogP contribution in [0, 0.1) is 11.8 Å². The highest BCUT2D eigenvalue weighted by molar-refractivity contribution is 7.19. The zero-order chi connectivity index (χ0) is 42.3. The maximum absolute atomic E-state index is 13.0. The van der Waals surface area contributed by atoms with Crippen LogP contribution in [-0.2, 0) is 48.4 Å². The van der Waals surface area contributed by atoms with E-state index < -0.39 is 5.97 Å². The van der Waals surface area contributed by atoms with Crippen molar-refractivity contribution in [3.8, 4) is 11.5 Å². The standard InChI is InChI=1S/C25H25N5O2S.C21H20N4O3S/c1-2-32-20-10-17-13-26-12-16(17)9-19(20)29-23-22-18-6-5-15(25(31)30-7-3-4-8-30)11-21(18)33-24(22)28-14-27-23;1-2-28-16-6-13-9-22-8-12(13)5-15(16)25-19-18-14-4-3-11(21(26)27)7-17(14)29-20(18)24-10-23-19/h3-4,9-10,12,14-15H,2,5-8,11,13H2,1H3,(H,27,28,29);5-6,8,10-11H,2-4,7,9H2,1H3,(H,26,27)(H,23,24,25). The number of thiophene rings is 2. The third kappa shape index (κ3) is 7.55. The number of aromatic nitrogens is 4. The highest BCUT2D eigenvalue weighted by Gasteiger charge is 2.33. The minimum atomic E-state index is -0.723. The van der Waals surface area contributed by atoms with E-state index >= 15 is 0 Å². The third-order valence-corrected chi connectivity index (χ3v) is 14.4. The molecule has 6 aromatic rings. The fourth-order valence-corrected chi connectivity index (χ4v) is 11.6. The van der Waals surface area contributed by atoms with Crippen LogP contribution in [-0.4, -0.2) is 80.6 Å². The van der Waals surface area contributed by atoms with Gasteiger partial charge >= 0.3 is 5.97 Å². The lowest BCUT2D eigenvalue weighted by atomic mass is 9.87. The second kappa shape index (κ2) is 16.9. The van der Waals surface area contributed by atoms with Crippen LogP contribution in [0.15, 0.2) is 59.1 Å². The van der Waals surface area contributed by atoms with Gasteiger partial charge in [0.1, 0.15) is 45.5 Å². The number of fused-ring (bicyclic) bond motifs is 8. The highest BCUT2D eigenvalue weighted by Crippen LogP contribution is 2.44. The molecule has 2 atom stereocenters. The van der Waals surface area contributed by atoms with Gasteiger partial charge in [-0.05, 0) is 110 Å². The Morgan fingerprint density at radius 2 is 1.23 bits per heavy atom. The number of amides is 1. The number of ether oxygens (including phenoxy) is 2. The predicted molar refractivity (Wildman–Crippen MR) is 244 cm³/mol. The van der Waals surface area contributed by atoms with Crippen LogP contribution >= 0.6 is 22.7 Å². The number of aliphatic carboxylic acids is 1. The van der Waals surface area contributed by atoms with Crippen molar-refractivity contribution in [2.75, 3.05) is 36.9 Å². The summed E-state index contributed by atoms with van der Waals surface area (Å²) < 4.78 is 11.8. The fourth-order valence-electron chi connectivity index (χ4n) is 9.02. The number of hydrogen-bond acceptors (Lipinski definition) is 14. The van der Waals surface area contributed by atoms with E-state index in [1.807, 2.05) is 43.3 Å². The van der Waals surface area contributed by atoms with Crippen molar-refractivity contribution >= 4 is 90.4 Å². The number of carboxylic acid groups (broad SMARTS) is 1. The molecule has 1 amide bonds. The Morgan fingerprint density at radius 3 is 1.73 bits per heavy atom. The van der Waals surface area contributed by atoms with E-state index in [9.17, 15) is 14.7 Å². The summed E-state index contributed by atoms with van der Waals surface area (Å²) >= 11 is 3.27.